The smallest absolute Gasteiger partial charge is 0.346 e. The second kappa shape index (κ2) is 5.33. The van der Waals surface area contributed by atoms with Crippen LogP contribution in [0.5, 0.6) is 5.75 Å². The Hall–Kier alpha value is -1.84. The number of fused-ring (bicyclic) bond motifs is 3. The summed E-state index contributed by atoms with van der Waals surface area (Å²) in [7, 11) is 0. The monoisotopic (exact) mass is 330 g/mol. The fourth-order valence-electron chi connectivity index (χ4n) is 4.85. The first-order chi connectivity index (χ1) is 11.1. The number of cyclic esters (lactones) is 2. The van der Waals surface area contributed by atoms with Crippen LogP contribution in [0.1, 0.15) is 81.3 Å². The van der Waals surface area contributed by atoms with Gasteiger partial charge in [-0.15, -0.1) is 0 Å². The number of rotatable bonds is 1. The zero-order valence-electron chi connectivity index (χ0n) is 15.1. The third kappa shape index (κ3) is 2.35. The molecule has 0 aromatic heterocycles. The van der Waals surface area contributed by atoms with Crippen LogP contribution in [0.15, 0.2) is 12.1 Å². The first-order valence-corrected chi connectivity index (χ1v) is 8.71. The minimum atomic E-state index is -0.594. The molecule has 0 spiro atoms. The maximum atomic E-state index is 12.7. The molecule has 0 bridgehead atoms. The average Bonchev–Trinajstić information content (AvgIpc) is 2.52. The number of carbonyl (C=O) groups excluding carboxylic acids is 2. The zero-order chi connectivity index (χ0) is 17.9. The van der Waals surface area contributed by atoms with Gasteiger partial charge in [0.25, 0.3) is 0 Å². The fourth-order valence-corrected chi connectivity index (χ4v) is 4.85. The van der Waals surface area contributed by atoms with Crippen molar-refractivity contribution in [2.45, 2.75) is 65.2 Å². The maximum absolute atomic E-state index is 12.7. The van der Waals surface area contributed by atoms with E-state index in [1.165, 1.54) is 0 Å². The molecule has 1 fully saturated rings. The van der Waals surface area contributed by atoms with Crippen molar-refractivity contribution in [3.63, 3.8) is 0 Å². The Kier molecular flexibility index (Phi) is 3.78. The third-order valence-corrected chi connectivity index (χ3v) is 5.99. The Morgan fingerprint density at radius 1 is 1.17 bits per heavy atom. The number of ether oxygens (including phenoxy) is 1. The Morgan fingerprint density at radius 2 is 1.83 bits per heavy atom. The Bertz CT molecular complexity index is 717. The van der Waals surface area contributed by atoms with Gasteiger partial charge in [0, 0.05) is 5.41 Å². The first-order valence-electron chi connectivity index (χ1n) is 8.71. The minimum Gasteiger partial charge on any atom is -0.508 e. The van der Waals surface area contributed by atoms with E-state index in [0.717, 1.165) is 24.8 Å². The maximum Gasteiger partial charge on any atom is 0.346 e. The number of carbonyl (C=O) groups is 2. The molecule has 1 aliphatic carbocycles. The minimum absolute atomic E-state index is 0.0773. The van der Waals surface area contributed by atoms with Gasteiger partial charge in [-0.3, -0.25) is 4.79 Å². The lowest BCUT2D eigenvalue weighted by Crippen LogP contribution is -2.49. The van der Waals surface area contributed by atoms with Crippen molar-refractivity contribution >= 4 is 11.9 Å². The molecule has 1 N–H and O–H groups in total. The molecule has 0 unspecified atom stereocenters. The van der Waals surface area contributed by atoms with E-state index in [0.29, 0.717) is 11.1 Å². The molecular formula is C20H26O4. The summed E-state index contributed by atoms with van der Waals surface area (Å²) in [6.45, 7) is 10.1. The van der Waals surface area contributed by atoms with Gasteiger partial charge in [-0.05, 0) is 47.4 Å². The molecule has 4 nitrogen and oxygen atoms in total. The van der Waals surface area contributed by atoms with Gasteiger partial charge in [-0.25, -0.2) is 4.79 Å². The van der Waals surface area contributed by atoms with Crippen LogP contribution in [0.3, 0.4) is 0 Å². The van der Waals surface area contributed by atoms with E-state index in [1.54, 1.807) is 12.1 Å². The van der Waals surface area contributed by atoms with Crippen molar-refractivity contribution in [1.29, 1.82) is 0 Å². The van der Waals surface area contributed by atoms with Crippen LogP contribution >= 0.6 is 0 Å². The Balaban J connectivity index is 2.29. The molecule has 2 atom stereocenters. The van der Waals surface area contributed by atoms with E-state index in [2.05, 4.69) is 13.8 Å². The SMILES string of the molecule is CC(C)c1cc2c(cc1O)[C@@]1(C)CCCC(C)(C)[C@@H]1C(=O)OC2=O. The van der Waals surface area contributed by atoms with Gasteiger partial charge in [-0.2, -0.15) is 0 Å². The summed E-state index contributed by atoms with van der Waals surface area (Å²) >= 11 is 0. The van der Waals surface area contributed by atoms with E-state index in [4.69, 9.17) is 4.74 Å². The Morgan fingerprint density at radius 3 is 2.46 bits per heavy atom. The summed E-state index contributed by atoms with van der Waals surface area (Å²) in [6, 6.07) is 3.40. The summed E-state index contributed by atoms with van der Waals surface area (Å²) in [4.78, 5) is 25.3. The fraction of sp³-hybridized carbons (Fsp3) is 0.600. The van der Waals surface area contributed by atoms with E-state index < -0.39 is 23.3 Å². The highest BCUT2D eigenvalue weighted by atomic mass is 16.6. The van der Waals surface area contributed by atoms with Crippen molar-refractivity contribution in [1.82, 2.24) is 0 Å². The lowest BCUT2D eigenvalue weighted by molar-refractivity contribution is -0.152. The highest BCUT2D eigenvalue weighted by Crippen LogP contribution is 2.55. The topological polar surface area (TPSA) is 63.6 Å². The highest BCUT2D eigenvalue weighted by Gasteiger charge is 2.55. The molecule has 3 rings (SSSR count). The Labute approximate surface area is 143 Å². The van der Waals surface area contributed by atoms with Crippen LogP contribution in [-0.2, 0) is 14.9 Å². The van der Waals surface area contributed by atoms with Crippen LogP contribution in [0.2, 0.25) is 0 Å². The van der Waals surface area contributed by atoms with Gasteiger partial charge in [0.1, 0.15) is 5.75 Å². The van der Waals surface area contributed by atoms with Crippen LogP contribution in [0, 0.1) is 11.3 Å². The van der Waals surface area contributed by atoms with E-state index in [9.17, 15) is 14.7 Å². The highest BCUT2D eigenvalue weighted by molar-refractivity contribution is 6.01. The van der Waals surface area contributed by atoms with Crippen molar-refractivity contribution < 1.29 is 19.4 Å². The van der Waals surface area contributed by atoms with Gasteiger partial charge in [0.2, 0.25) is 0 Å². The van der Waals surface area contributed by atoms with E-state index in [-0.39, 0.29) is 17.1 Å². The van der Waals surface area contributed by atoms with Gasteiger partial charge in [-0.1, -0.05) is 41.0 Å². The largest absolute Gasteiger partial charge is 0.508 e. The van der Waals surface area contributed by atoms with Crippen molar-refractivity contribution in [2.75, 3.05) is 0 Å². The summed E-state index contributed by atoms with van der Waals surface area (Å²) in [5.41, 5.74) is 1.12. The number of phenols is 1. The number of aromatic hydroxyl groups is 1. The summed E-state index contributed by atoms with van der Waals surface area (Å²) < 4.78 is 5.22. The van der Waals surface area contributed by atoms with Crippen molar-refractivity contribution in [3.8, 4) is 5.75 Å². The summed E-state index contributed by atoms with van der Waals surface area (Å²) in [6.07, 6.45) is 2.70. The second-order valence-corrected chi connectivity index (χ2v) is 8.51. The van der Waals surface area contributed by atoms with Crippen LogP contribution in [0.25, 0.3) is 0 Å². The molecule has 130 valence electrons. The quantitative estimate of drug-likeness (QED) is 0.616. The molecule has 0 radical (unpaired) electrons. The number of phenolic OH excluding ortho intramolecular Hbond substituents is 1. The van der Waals surface area contributed by atoms with Crippen LogP contribution in [0.4, 0.5) is 0 Å². The van der Waals surface area contributed by atoms with Gasteiger partial charge >= 0.3 is 11.9 Å². The molecule has 1 aromatic rings. The number of benzene rings is 1. The second-order valence-electron chi connectivity index (χ2n) is 8.51. The number of hydrogen-bond donors (Lipinski definition) is 1. The zero-order valence-corrected chi connectivity index (χ0v) is 15.1. The van der Waals surface area contributed by atoms with Gasteiger partial charge in [0.15, 0.2) is 0 Å². The van der Waals surface area contributed by atoms with Crippen LogP contribution in [-0.4, -0.2) is 17.0 Å². The molecule has 1 heterocycles. The lowest BCUT2D eigenvalue weighted by atomic mass is 9.54. The van der Waals surface area contributed by atoms with E-state index >= 15 is 0 Å². The molecule has 4 heteroatoms. The van der Waals surface area contributed by atoms with Crippen molar-refractivity contribution in [3.05, 3.63) is 28.8 Å². The van der Waals surface area contributed by atoms with Crippen LogP contribution < -0.4 is 0 Å². The third-order valence-electron chi connectivity index (χ3n) is 5.99. The molecule has 1 aromatic carbocycles. The predicted octanol–water partition coefficient (Wildman–Crippen LogP) is 4.30. The standard InChI is InChI=1S/C20H26O4/c1-11(2)12-9-13-14(10-15(12)21)20(5)8-6-7-19(3,4)16(20)18(23)24-17(13)22/h9-11,16,21H,6-8H2,1-5H3/t16-,20+/m0/s1. The van der Waals surface area contributed by atoms with Gasteiger partial charge < -0.3 is 9.84 Å². The lowest BCUT2D eigenvalue weighted by Gasteiger charge is -2.48. The average molecular weight is 330 g/mol. The summed E-state index contributed by atoms with van der Waals surface area (Å²) in [5.74, 6) is -1.16. The van der Waals surface area contributed by atoms with E-state index in [1.807, 2.05) is 20.8 Å². The molecular weight excluding hydrogens is 304 g/mol. The molecule has 0 amide bonds. The predicted molar refractivity (Wildman–Crippen MR) is 91.1 cm³/mol. The molecule has 24 heavy (non-hydrogen) atoms. The molecule has 2 aliphatic rings. The molecule has 1 aliphatic heterocycles. The summed E-state index contributed by atoms with van der Waals surface area (Å²) in [5, 5.41) is 10.5. The van der Waals surface area contributed by atoms with Crippen molar-refractivity contribution in [2.24, 2.45) is 11.3 Å². The number of esters is 2. The normalized spacial score (nSPS) is 28.8. The number of hydrogen-bond acceptors (Lipinski definition) is 4. The first kappa shape index (κ1) is 17.0. The van der Waals surface area contributed by atoms with Gasteiger partial charge in [0.05, 0.1) is 11.5 Å². The molecule has 0 saturated heterocycles. The molecule has 1 saturated carbocycles.